The Morgan fingerprint density at radius 1 is 1.00 bits per heavy atom. The third-order valence-electron chi connectivity index (χ3n) is 3.44. The Bertz CT molecular complexity index is 721. The number of methoxy groups -OCH3 is 2. The van der Waals surface area contributed by atoms with Crippen molar-refractivity contribution in [1.29, 1.82) is 0 Å². The second-order valence-electron chi connectivity index (χ2n) is 5.17. The van der Waals surface area contributed by atoms with Gasteiger partial charge in [-0.15, -0.1) is 0 Å². The quantitative estimate of drug-likeness (QED) is 0.841. The molecule has 0 spiro atoms. The van der Waals surface area contributed by atoms with Crippen molar-refractivity contribution in [1.82, 2.24) is 0 Å². The number of rotatable bonds is 5. The van der Waals surface area contributed by atoms with Crippen LogP contribution in [0, 0.1) is 0 Å². The first-order valence-electron chi connectivity index (χ1n) is 7.32. The van der Waals surface area contributed by atoms with Crippen LogP contribution in [0.3, 0.4) is 0 Å². The Hall–Kier alpha value is -2.75. The Kier molecular flexibility index (Phi) is 5.41. The summed E-state index contributed by atoms with van der Waals surface area (Å²) in [6, 6.07) is 13.7. The van der Waals surface area contributed by atoms with Gasteiger partial charge in [0.05, 0.1) is 19.9 Å². The van der Waals surface area contributed by atoms with Crippen molar-refractivity contribution in [2.75, 3.05) is 19.5 Å². The first kappa shape index (κ1) is 16.6. The van der Waals surface area contributed by atoms with Crippen molar-refractivity contribution in [3.63, 3.8) is 0 Å². The second kappa shape index (κ2) is 7.49. The summed E-state index contributed by atoms with van der Waals surface area (Å²) < 4.78 is 10.7. The van der Waals surface area contributed by atoms with E-state index in [0.717, 1.165) is 16.7 Å². The highest BCUT2D eigenvalue weighted by Gasteiger charge is 2.13. The van der Waals surface area contributed by atoms with Crippen molar-refractivity contribution in [2.24, 2.45) is 0 Å². The molecule has 0 saturated carbocycles. The number of allylic oxidation sites excluding steroid dienone is 1. The van der Waals surface area contributed by atoms with Crippen LogP contribution in [-0.4, -0.2) is 20.1 Å². The Labute approximate surface area is 136 Å². The van der Waals surface area contributed by atoms with Crippen LogP contribution in [0.1, 0.15) is 25.0 Å². The highest BCUT2D eigenvalue weighted by molar-refractivity contribution is 5.95. The van der Waals surface area contributed by atoms with Gasteiger partial charge in [0.15, 0.2) is 11.5 Å². The van der Waals surface area contributed by atoms with E-state index < -0.39 is 0 Å². The molecule has 4 nitrogen and oxygen atoms in total. The van der Waals surface area contributed by atoms with Crippen LogP contribution in [-0.2, 0) is 4.79 Å². The van der Waals surface area contributed by atoms with Gasteiger partial charge in [-0.3, -0.25) is 4.79 Å². The zero-order valence-corrected chi connectivity index (χ0v) is 13.8. The molecule has 0 unspecified atom stereocenters. The highest BCUT2D eigenvalue weighted by Crippen LogP contribution is 2.37. The molecule has 0 fully saturated rings. The van der Waals surface area contributed by atoms with Crippen LogP contribution in [0.2, 0.25) is 0 Å². The lowest BCUT2D eigenvalue weighted by molar-refractivity contribution is -0.114. The number of carbonyl (C=O) groups is 1. The maximum atomic E-state index is 11.5. The summed E-state index contributed by atoms with van der Waals surface area (Å²) in [7, 11) is 3.16. The normalized spacial score (nSPS) is 11.0. The van der Waals surface area contributed by atoms with E-state index in [1.165, 1.54) is 6.92 Å². The lowest BCUT2D eigenvalue weighted by Crippen LogP contribution is -2.08. The van der Waals surface area contributed by atoms with Gasteiger partial charge in [-0.05, 0) is 24.1 Å². The van der Waals surface area contributed by atoms with Gasteiger partial charge in [-0.1, -0.05) is 36.4 Å². The minimum atomic E-state index is -0.133. The molecule has 0 heterocycles. The van der Waals surface area contributed by atoms with Crippen LogP contribution in [0.15, 0.2) is 42.5 Å². The van der Waals surface area contributed by atoms with E-state index >= 15 is 0 Å². The molecule has 2 rings (SSSR count). The van der Waals surface area contributed by atoms with Crippen LogP contribution in [0.5, 0.6) is 11.5 Å². The molecule has 2 aromatic carbocycles. The zero-order chi connectivity index (χ0) is 16.8. The molecule has 0 aromatic heterocycles. The van der Waals surface area contributed by atoms with Crippen LogP contribution in [0.4, 0.5) is 5.69 Å². The van der Waals surface area contributed by atoms with Crippen molar-refractivity contribution in [3.05, 3.63) is 53.6 Å². The zero-order valence-electron chi connectivity index (χ0n) is 13.8. The number of benzene rings is 2. The van der Waals surface area contributed by atoms with Gasteiger partial charge in [-0.25, -0.2) is 0 Å². The first-order chi connectivity index (χ1) is 11.0. The molecule has 2 aromatic rings. The summed E-state index contributed by atoms with van der Waals surface area (Å²) >= 11 is 0. The first-order valence-corrected chi connectivity index (χ1v) is 7.32. The fourth-order valence-electron chi connectivity index (χ4n) is 2.38. The third-order valence-corrected chi connectivity index (χ3v) is 3.44. The maximum absolute atomic E-state index is 11.5. The molecular formula is C19H21NO3. The molecule has 0 radical (unpaired) electrons. The van der Waals surface area contributed by atoms with E-state index in [1.807, 2.05) is 43.3 Å². The van der Waals surface area contributed by atoms with Crippen LogP contribution < -0.4 is 14.8 Å². The molecular weight excluding hydrogens is 290 g/mol. The smallest absolute Gasteiger partial charge is 0.221 e. The Morgan fingerprint density at radius 2 is 1.61 bits per heavy atom. The molecule has 0 aliphatic rings. The lowest BCUT2D eigenvalue weighted by atomic mass is 10.0. The highest BCUT2D eigenvalue weighted by atomic mass is 16.5. The molecule has 1 N–H and O–H groups in total. The van der Waals surface area contributed by atoms with Gasteiger partial charge < -0.3 is 14.8 Å². The SMILES string of the molecule is COc1cc(NC(C)=O)c(/C(C)=C/c2ccccc2)cc1OC. The second-order valence-corrected chi connectivity index (χ2v) is 5.17. The molecule has 0 atom stereocenters. The van der Waals surface area contributed by atoms with Crippen molar-refractivity contribution >= 4 is 23.2 Å². The van der Waals surface area contributed by atoms with E-state index in [2.05, 4.69) is 11.4 Å². The number of amides is 1. The van der Waals surface area contributed by atoms with Gasteiger partial charge in [-0.2, -0.15) is 0 Å². The fourth-order valence-corrected chi connectivity index (χ4v) is 2.38. The molecule has 0 aliphatic carbocycles. The van der Waals surface area contributed by atoms with Gasteiger partial charge in [0.2, 0.25) is 5.91 Å². The van der Waals surface area contributed by atoms with Gasteiger partial charge >= 0.3 is 0 Å². The summed E-state index contributed by atoms with van der Waals surface area (Å²) in [5, 5.41) is 2.85. The van der Waals surface area contributed by atoms with Crippen molar-refractivity contribution < 1.29 is 14.3 Å². The van der Waals surface area contributed by atoms with E-state index in [0.29, 0.717) is 17.2 Å². The lowest BCUT2D eigenvalue weighted by Gasteiger charge is -2.15. The maximum Gasteiger partial charge on any atom is 0.221 e. The number of anilines is 1. The Morgan fingerprint density at radius 3 is 2.17 bits per heavy atom. The number of carbonyl (C=O) groups excluding carboxylic acids is 1. The van der Waals surface area contributed by atoms with Gasteiger partial charge in [0.25, 0.3) is 0 Å². The molecule has 4 heteroatoms. The summed E-state index contributed by atoms with van der Waals surface area (Å²) in [6.07, 6.45) is 2.06. The number of hydrogen-bond donors (Lipinski definition) is 1. The monoisotopic (exact) mass is 311 g/mol. The predicted molar refractivity (Wildman–Crippen MR) is 93.8 cm³/mol. The number of nitrogens with one attached hydrogen (secondary N) is 1. The fraction of sp³-hybridized carbons (Fsp3) is 0.211. The molecule has 0 aliphatic heterocycles. The standard InChI is InChI=1S/C19H21NO3/c1-13(10-15-8-6-5-7-9-15)16-11-18(22-3)19(23-4)12-17(16)20-14(2)21/h5-12H,1-4H3,(H,20,21)/b13-10+. The molecule has 120 valence electrons. The van der Waals surface area contributed by atoms with Crippen LogP contribution >= 0.6 is 0 Å². The molecule has 1 amide bonds. The van der Waals surface area contributed by atoms with Crippen molar-refractivity contribution in [2.45, 2.75) is 13.8 Å². The van der Waals surface area contributed by atoms with Gasteiger partial charge in [0, 0.05) is 18.6 Å². The molecule has 0 bridgehead atoms. The largest absolute Gasteiger partial charge is 0.493 e. The number of hydrogen-bond acceptors (Lipinski definition) is 3. The summed E-state index contributed by atoms with van der Waals surface area (Å²) in [5.74, 6) is 1.07. The Balaban J connectivity index is 2.54. The van der Waals surface area contributed by atoms with Gasteiger partial charge in [0.1, 0.15) is 0 Å². The minimum Gasteiger partial charge on any atom is -0.493 e. The predicted octanol–water partition coefficient (Wildman–Crippen LogP) is 4.22. The van der Waals surface area contributed by atoms with E-state index in [4.69, 9.17) is 9.47 Å². The van der Waals surface area contributed by atoms with E-state index in [9.17, 15) is 4.79 Å². The third kappa shape index (κ3) is 4.13. The van der Waals surface area contributed by atoms with Crippen LogP contribution in [0.25, 0.3) is 11.6 Å². The van der Waals surface area contributed by atoms with Crippen molar-refractivity contribution in [3.8, 4) is 11.5 Å². The average Bonchev–Trinajstić information content (AvgIpc) is 2.54. The summed E-state index contributed by atoms with van der Waals surface area (Å²) in [4.78, 5) is 11.5. The average molecular weight is 311 g/mol. The minimum absolute atomic E-state index is 0.133. The topological polar surface area (TPSA) is 47.6 Å². The number of ether oxygens (including phenoxy) is 2. The molecule has 23 heavy (non-hydrogen) atoms. The molecule has 0 saturated heterocycles. The summed E-state index contributed by atoms with van der Waals surface area (Å²) in [6.45, 7) is 3.48. The summed E-state index contributed by atoms with van der Waals surface area (Å²) in [5.41, 5.74) is 3.69. The van der Waals surface area contributed by atoms with E-state index in [-0.39, 0.29) is 5.91 Å². The van der Waals surface area contributed by atoms with E-state index in [1.54, 1.807) is 20.3 Å².